The van der Waals surface area contributed by atoms with Crippen molar-refractivity contribution in [2.75, 3.05) is 11.6 Å². The molecule has 1 aromatic heterocycles. The summed E-state index contributed by atoms with van der Waals surface area (Å²) >= 11 is 6.48. The monoisotopic (exact) mass is 347 g/mol. The van der Waals surface area contributed by atoms with Crippen molar-refractivity contribution in [3.63, 3.8) is 0 Å². The molecule has 3 atom stereocenters. The molecular weight excluding hydrogens is 326 g/mol. The lowest BCUT2D eigenvalue weighted by atomic mass is 9.85. The number of halogens is 1. The van der Waals surface area contributed by atoms with Crippen LogP contribution in [0.1, 0.15) is 44.3 Å². The molecule has 128 valence electrons. The van der Waals surface area contributed by atoms with E-state index in [9.17, 15) is 4.79 Å². The number of hydrogen-bond donors (Lipinski definition) is 2. The highest BCUT2D eigenvalue weighted by molar-refractivity contribution is 6.36. The topological polar surface area (TPSA) is 71.3 Å². The molecule has 0 radical (unpaired) electrons. The SMILES string of the molecule is CC1ON([C@H]2CCC[C@@H](CN)C2)c2c1c(=O)[nH]c1cccc(Cl)c21. The van der Waals surface area contributed by atoms with Gasteiger partial charge in [-0.3, -0.25) is 9.63 Å². The molecule has 5 nitrogen and oxygen atoms in total. The fourth-order valence-electron chi connectivity index (χ4n) is 4.14. The molecule has 24 heavy (non-hydrogen) atoms. The van der Waals surface area contributed by atoms with Gasteiger partial charge >= 0.3 is 0 Å². The van der Waals surface area contributed by atoms with E-state index < -0.39 is 0 Å². The molecule has 1 aliphatic heterocycles. The number of nitrogens with one attached hydrogen (secondary N) is 1. The molecule has 1 unspecified atom stereocenters. The van der Waals surface area contributed by atoms with E-state index in [1.807, 2.05) is 30.2 Å². The van der Waals surface area contributed by atoms with Crippen molar-refractivity contribution >= 4 is 28.2 Å². The van der Waals surface area contributed by atoms with Gasteiger partial charge in [0, 0.05) is 5.39 Å². The molecule has 1 fully saturated rings. The normalized spacial score (nSPS) is 26.8. The Hall–Kier alpha value is -1.56. The smallest absolute Gasteiger partial charge is 0.256 e. The van der Waals surface area contributed by atoms with Gasteiger partial charge in [0.05, 0.1) is 27.8 Å². The van der Waals surface area contributed by atoms with Gasteiger partial charge in [0.1, 0.15) is 6.10 Å². The van der Waals surface area contributed by atoms with Crippen LogP contribution in [0.15, 0.2) is 23.0 Å². The first-order valence-corrected chi connectivity index (χ1v) is 8.98. The average molecular weight is 348 g/mol. The maximum atomic E-state index is 12.6. The Kier molecular flexibility index (Phi) is 4.03. The molecule has 0 amide bonds. The number of nitrogens with two attached hydrogens (primary N) is 1. The molecule has 1 aliphatic carbocycles. The van der Waals surface area contributed by atoms with Gasteiger partial charge in [-0.25, -0.2) is 5.06 Å². The van der Waals surface area contributed by atoms with Crippen LogP contribution in [0.4, 0.5) is 5.69 Å². The number of fused-ring (bicyclic) bond motifs is 3. The van der Waals surface area contributed by atoms with Gasteiger partial charge in [0.25, 0.3) is 5.56 Å². The number of H-pyrrole nitrogens is 1. The third kappa shape index (κ3) is 2.42. The zero-order valence-corrected chi connectivity index (χ0v) is 14.5. The Labute approximate surface area is 145 Å². The summed E-state index contributed by atoms with van der Waals surface area (Å²) in [6.07, 6.45) is 4.05. The molecule has 2 heterocycles. The summed E-state index contributed by atoms with van der Waals surface area (Å²) in [6, 6.07) is 5.82. The molecule has 3 N–H and O–H groups in total. The van der Waals surface area contributed by atoms with Crippen LogP contribution < -0.4 is 16.4 Å². The minimum Gasteiger partial charge on any atom is -0.330 e. The summed E-state index contributed by atoms with van der Waals surface area (Å²) < 4.78 is 0. The summed E-state index contributed by atoms with van der Waals surface area (Å²) in [7, 11) is 0. The number of hydroxylamine groups is 1. The summed E-state index contributed by atoms with van der Waals surface area (Å²) in [5.41, 5.74) is 8.06. The fourth-order valence-corrected chi connectivity index (χ4v) is 4.41. The lowest BCUT2D eigenvalue weighted by molar-refractivity contribution is 0.0367. The fraction of sp³-hybridized carbons (Fsp3) is 0.500. The highest BCUT2D eigenvalue weighted by Gasteiger charge is 2.38. The van der Waals surface area contributed by atoms with Gasteiger partial charge in [-0.1, -0.05) is 24.1 Å². The van der Waals surface area contributed by atoms with Crippen molar-refractivity contribution in [3.8, 4) is 0 Å². The van der Waals surface area contributed by atoms with Crippen molar-refractivity contribution in [2.24, 2.45) is 11.7 Å². The standard InChI is InChI=1S/C18H22ClN3O2/c1-10-15-17(16-13(19)6-3-7-14(16)21-18(15)23)22(24-10)12-5-2-4-11(8-12)9-20/h3,6-7,10-12H,2,4-5,8-9,20H2,1H3,(H,21,23)/t10?,11-,12+/m1/s1. The van der Waals surface area contributed by atoms with Crippen LogP contribution in [0.2, 0.25) is 5.02 Å². The summed E-state index contributed by atoms with van der Waals surface area (Å²) in [5, 5.41) is 3.45. The molecule has 1 aromatic carbocycles. The first-order chi connectivity index (χ1) is 11.6. The number of pyridine rings is 1. The number of nitrogens with zero attached hydrogens (tertiary/aromatic N) is 1. The maximum absolute atomic E-state index is 12.6. The molecular formula is C18H22ClN3O2. The van der Waals surface area contributed by atoms with E-state index in [0.717, 1.165) is 35.9 Å². The zero-order valence-electron chi connectivity index (χ0n) is 13.7. The first kappa shape index (κ1) is 15.9. The molecule has 4 rings (SSSR count). The first-order valence-electron chi connectivity index (χ1n) is 8.60. The number of hydrogen-bond acceptors (Lipinski definition) is 4. The van der Waals surface area contributed by atoms with Crippen LogP contribution in [-0.4, -0.2) is 17.6 Å². The van der Waals surface area contributed by atoms with E-state index in [4.69, 9.17) is 22.2 Å². The van der Waals surface area contributed by atoms with E-state index in [2.05, 4.69) is 4.98 Å². The Morgan fingerprint density at radius 3 is 3.04 bits per heavy atom. The second-order valence-corrected chi connectivity index (χ2v) is 7.28. The molecule has 2 aromatic rings. The van der Waals surface area contributed by atoms with Gasteiger partial charge in [-0.2, -0.15) is 0 Å². The van der Waals surface area contributed by atoms with Crippen molar-refractivity contribution in [2.45, 2.75) is 44.8 Å². The predicted molar refractivity (Wildman–Crippen MR) is 96.4 cm³/mol. The van der Waals surface area contributed by atoms with Crippen LogP contribution >= 0.6 is 11.6 Å². The summed E-state index contributed by atoms with van der Waals surface area (Å²) in [6.45, 7) is 2.61. The van der Waals surface area contributed by atoms with Gasteiger partial charge in [-0.15, -0.1) is 0 Å². The van der Waals surface area contributed by atoms with E-state index in [0.29, 0.717) is 23.0 Å². The summed E-state index contributed by atoms with van der Waals surface area (Å²) in [4.78, 5) is 21.6. The minimum absolute atomic E-state index is 0.0963. The van der Waals surface area contributed by atoms with Crippen molar-refractivity contribution < 1.29 is 4.84 Å². The Bertz CT molecular complexity index is 835. The number of benzene rings is 1. The molecule has 2 aliphatic rings. The highest BCUT2D eigenvalue weighted by Crippen LogP contribution is 2.45. The van der Waals surface area contributed by atoms with E-state index in [1.165, 1.54) is 6.42 Å². The van der Waals surface area contributed by atoms with Crippen molar-refractivity contribution in [3.05, 3.63) is 39.1 Å². The molecule has 0 saturated heterocycles. The number of rotatable bonds is 2. The van der Waals surface area contributed by atoms with E-state index in [-0.39, 0.29) is 17.7 Å². The lowest BCUT2D eigenvalue weighted by Gasteiger charge is -2.35. The van der Waals surface area contributed by atoms with Crippen LogP contribution in [0.3, 0.4) is 0 Å². The largest absolute Gasteiger partial charge is 0.330 e. The molecule has 1 saturated carbocycles. The van der Waals surface area contributed by atoms with Crippen LogP contribution in [0.25, 0.3) is 10.9 Å². The predicted octanol–water partition coefficient (Wildman–Crippen LogP) is 3.51. The number of anilines is 1. The van der Waals surface area contributed by atoms with Crippen LogP contribution in [0, 0.1) is 5.92 Å². The van der Waals surface area contributed by atoms with E-state index >= 15 is 0 Å². The van der Waals surface area contributed by atoms with Gasteiger partial charge in [0.15, 0.2) is 0 Å². The third-order valence-corrected chi connectivity index (χ3v) is 5.63. The quantitative estimate of drug-likeness (QED) is 0.872. The minimum atomic E-state index is -0.275. The lowest BCUT2D eigenvalue weighted by Crippen LogP contribution is -2.38. The Morgan fingerprint density at radius 1 is 1.42 bits per heavy atom. The molecule has 0 spiro atoms. The second-order valence-electron chi connectivity index (χ2n) is 6.87. The second kappa shape index (κ2) is 6.06. The van der Waals surface area contributed by atoms with Crippen molar-refractivity contribution in [1.29, 1.82) is 0 Å². The van der Waals surface area contributed by atoms with Crippen LogP contribution in [-0.2, 0) is 4.84 Å². The highest BCUT2D eigenvalue weighted by atomic mass is 35.5. The molecule has 6 heteroatoms. The average Bonchev–Trinajstić information content (AvgIpc) is 2.93. The zero-order chi connectivity index (χ0) is 16.8. The van der Waals surface area contributed by atoms with Crippen LogP contribution in [0.5, 0.6) is 0 Å². The third-order valence-electron chi connectivity index (χ3n) is 5.32. The number of aromatic nitrogens is 1. The Balaban J connectivity index is 1.88. The van der Waals surface area contributed by atoms with Gasteiger partial charge < -0.3 is 10.7 Å². The van der Waals surface area contributed by atoms with E-state index in [1.54, 1.807) is 0 Å². The summed E-state index contributed by atoms with van der Waals surface area (Å²) in [5.74, 6) is 0.510. The molecule has 0 bridgehead atoms. The Morgan fingerprint density at radius 2 is 2.25 bits per heavy atom. The van der Waals surface area contributed by atoms with Crippen molar-refractivity contribution in [1.82, 2.24) is 4.98 Å². The maximum Gasteiger partial charge on any atom is 0.256 e. The van der Waals surface area contributed by atoms with Gasteiger partial charge in [-0.05, 0) is 50.8 Å². The number of aromatic amines is 1. The van der Waals surface area contributed by atoms with Gasteiger partial charge in [0.2, 0.25) is 0 Å².